The van der Waals surface area contributed by atoms with Crippen LogP contribution < -0.4 is 5.32 Å². The second-order valence-corrected chi connectivity index (χ2v) is 7.36. The Morgan fingerprint density at radius 1 is 1.24 bits per heavy atom. The molecular formula is C15H24N2O3S. The molecule has 0 bridgehead atoms. The number of nitrogens with zero attached hydrogens (tertiary/aromatic N) is 1. The smallest absolute Gasteiger partial charge is 0.243 e. The third-order valence-electron chi connectivity index (χ3n) is 3.97. The summed E-state index contributed by atoms with van der Waals surface area (Å²) in [6.07, 6.45) is 2.42. The fourth-order valence-corrected chi connectivity index (χ4v) is 3.92. The SMILES string of the molecule is CNCCc1ccc(S(=O)(=O)N(C)C2CCOCC2)cc1. The zero-order chi connectivity index (χ0) is 15.3. The van der Waals surface area contributed by atoms with Gasteiger partial charge in [0.15, 0.2) is 0 Å². The van der Waals surface area contributed by atoms with Gasteiger partial charge in [-0.2, -0.15) is 4.31 Å². The van der Waals surface area contributed by atoms with Crippen LogP contribution in [0.25, 0.3) is 0 Å². The number of hydrogen-bond acceptors (Lipinski definition) is 4. The van der Waals surface area contributed by atoms with Crippen molar-refractivity contribution in [3.8, 4) is 0 Å². The minimum absolute atomic E-state index is 0.0349. The van der Waals surface area contributed by atoms with Crippen molar-refractivity contribution in [2.75, 3.05) is 33.9 Å². The molecule has 0 radical (unpaired) electrons. The lowest BCUT2D eigenvalue weighted by molar-refractivity contribution is 0.0632. The summed E-state index contributed by atoms with van der Waals surface area (Å²) in [6.45, 7) is 2.15. The molecule has 0 aliphatic carbocycles. The molecular weight excluding hydrogens is 288 g/mol. The molecule has 0 saturated carbocycles. The Labute approximate surface area is 127 Å². The van der Waals surface area contributed by atoms with E-state index < -0.39 is 10.0 Å². The first-order valence-electron chi connectivity index (χ1n) is 7.35. The maximum absolute atomic E-state index is 12.6. The number of sulfonamides is 1. The normalized spacial score (nSPS) is 17.3. The lowest BCUT2D eigenvalue weighted by Gasteiger charge is -2.30. The summed E-state index contributed by atoms with van der Waals surface area (Å²) in [4.78, 5) is 0.365. The number of benzene rings is 1. The van der Waals surface area contributed by atoms with Gasteiger partial charge in [-0.25, -0.2) is 8.42 Å². The van der Waals surface area contributed by atoms with Crippen molar-refractivity contribution >= 4 is 10.0 Å². The van der Waals surface area contributed by atoms with Crippen molar-refractivity contribution in [3.63, 3.8) is 0 Å². The van der Waals surface area contributed by atoms with E-state index in [2.05, 4.69) is 5.32 Å². The highest BCUT2D eigenvalue weighted by molar-refractivity contribution is 7.89. The number of ether oxygens (including phenoxy) is 1. The van der Waals surface area contributed by atoms with Crippen LogP contribution in [0.3, 0.4) is 0 Å². The molecule has 2 rings (SSSR count). The molecule has 1 aliphatic rings. The van der Waals surface area contributed by atoms with Gasteiger partial charge in [0.05, 0.1) is 4.90 Å². The molecule has 1 aliphatic heterocycles. The minimum atomic E-state index is -3.41. The maximum atomic E-state index is 12.6. The summed E-state index contributed by atoms with van der Waals surface area (Å²) >= 11 is 0. The molecule has 0 amide bonds. The second kappa shape index (κ2) is 7.35. The van der Waals surface area contributed by atoms with Crippen LogP contribution in [0.2, 0.25) is 0 Å². The van der Waals surface area contributed by atoms with E-state index in [1.54, 1.807) is 19.2 Å². The predicted molar refractivity (Wildman–Crippen MR) is 82.9 cm³/mol. The number of hydrogen-bond donors (Lipinski definition) is 1. The lowest BCUT2D eigenvalue weighted by atomic mass is 10.1. The quantitative estimate of drug-likeness (QED) is 0.859. The van der Waals surface area contributed by atoms with Crippen molar-refractivity contribution in [3.05, 3.63) is 29.8 Å². The van der Waals surface area contributed by atoms with E-state index in [9.17, 15) is 8.42 Å². The maximum Gasteiger partial charge on any atom is 0.243 e. The molecule has 0 atom stereocenters. The first-order chi connectivity index (χ1) is 10.1. The van der Waals surface area contributed by atoms with Crippen molar-refractivity contribution in [1.82, 2.24) is 9.62 Å². The Bertz CT molecular complexity index is 537. The van der Waals surface area contributed by atoms with Gasteiger partial charge in [0.25, 0.3) is 0 Å². The minimum Gasteiger partial charge on any atom is -0.381 e. The molecule has 1 N–H and O–H groups in total. The van der Waals surface area contributed by atoms with E-state index in [0.29, 0.717) is 18.1 Å². The van der Waals surface area contributed by atoms with Crippen LogP contribution in [0.1, 0.15) is 18.4 Å². The lowest BCUT2D eigenvalue weighted by Crippen LogP contribution is -2.40. The van der Waals surface area contributed by atoms with Gasteiger partial charge in [-0.3, -0.25) is 0 Å². The Morgan fingerprint density at radius 2 is 1.86 bits per heavy atom. The highest BCUT2D eigenvalue weighted by Gasteiger charge is 2.29. The molecule has 21 heavy (non-hydrogen) atoms. The monoisotopic (exact) mass is 312 g/mol. The fourth-order valence-electron chi connectivity index (χ4n) is 2.51. The van der Waals surface area contributed by atoms with Crippen LogP contribution in [-0.2, 0) is 21.2 Å². The van der Waals surface area contributed by atoms with Crippen LogP contribution in [0.4, 0.5) is 0 Å². The summed E-state index contributed by atoms with van der Waals surface area (Å²) in [7, 11) is 0.158. The van der Waals surface area contributed by atoms with E-state index in [-0.39, 0.29) is 6.04 Å². The number of nitrogens with one attached hydrogen (secondary N) is 1. The van der Waals surface area contributed by atoms with Gasteiger partial charge in [-0.05, 0) is 50.6 Å². The Kier molecular flexibility index (Phi) is 5.75. The van der Waals surface area contributed by atoms with Crippen molar-refractivity contribution in [2.24, 2.45) is 0 Å². The van der Waals surface area contributed by atoms with Gasteiger partial charge >= 0.3 is 0 Å². The molecule has 118 valence electrons. The van der Waals surface area contributed by atoms with Crippen LogP contribution >= 0.6 is 0 Å². The number of rotatable bonds is 6. The average Bonchev–Trinajstić information content (AvgIpc) is 2.53. The van der Waals surface area contributed by atoms with Gasteiger partial charge in [0, 0.05) is 26.3 Å². The van der Waals surface area contributed by atoms with Crippen LogP contribution in [-0.4, -0.2) is 52.6 Å². The standard InChI is InChI=1S/C15H24N2O3S/c1-16-10-7-13-3-5-15(6-4-13)21(18,19)17(2)14-8-11-20-12-9-14/h3-6,14,16H,7-12H2,1-2H3. The molecule has 6 heteroatoms. The third-order valence-corrected chi connectivity index (χ3v) is 5.89. The molecule has 0 unspecified atom stereocenters. The van der Waals surface area contributed by atoms with E-state index in [1.165, 1.54) is 4.31 Å². The topological polar surface area (TPSA) is 58.6 Å². The molecule has 1 aromatic carbocycles. The predicted octanol–water partition coefficient (Wildman–Crippen LogP) is 1.25. The first kappa shape index (κ1) is 16.4. The second-order valence-electron chi connectivity index (χ2n) is 5.36. The van der Waals surface area contributed by atoms with E-state index in [0.717, 1.165) is 31.4 Å². The molecule has 5 nitrogen and oxygen atoms in total. The van der Waals surface area contributed by atoms with Crippen LogP contribution in [0, 0.1) is 0 Å². The zero-order valence-electron chi connectivity index (χ0n) is 12.7. The Hall–Kier alpha value is -0.950. The van der Waals surface area contributed by atoms with Crippen LogP contribution in [0.5, 0.6) is 0 Å². The first-order valence-corrected chi connectivity index (χ1v) is 8.79. The Balaban J connectivity index is 2.10. The summed E-state index contributed by atoms with van der Waals surface area (Å²) in [5, 5.41) is 3.08. The van der Waals surface area contributed by atoms with Crippen molar-refractivity contribution in [1.29, 1.82) is 0 Å². The molecule has 0 spiro atoms. The highest BCUT2D eigenvalue weighted by Crippen LogP contribution is 2.22. The fraction of sp³-hybridized carbons (Fsp3) is 0.600. The van der Waals surface area contributed by atoms with Crippen molar-refractivity contribution in [2.45, 2.75) is 30.2 Å². The Morgan fingerprint density at radius 3 is 2.43 bits per heavy atom. The van der Waals surface area contributed by atoms with Crippen LogP contribution in [0.15, 0.2) is 29.2 Å². The molecule has 1 aromatic rings. The van der Waals surface area contributed by atoms with E-state index in [4.69, 9.17) is 4.74 Å². The number of likely N-dealkylation sites (N-methyl/N-ethyl adjacent to an activating group) is 1. The summed E-state index contributed by atoms with van der Waals surface area (Å²) < 4.78 is 32.1. The average molecular weight is 312 g/mol. The van der Waals surface area contributed by atoms with Crippen molar-refractivity contribution < 1.29 is 13.2 Å². The molecule has 0 aromatic heterocycles. The van der Waals surface area contributed by atoms with Gasteiger partial charge in [0.2, 0.25) is 10.0 Å². The highest BCUT2D eigenvalue weighted by atomic mass is 32.2. The van der Waals surface area contributed by atoms with E-state index >= 15 is 0 Å². The van der Waals surface area contributed by atoms with Gasteiger partial charge in [-0.15, -0.1) is 0 Å². The molecule has 1 saturated heterocycles. The molecule has 1 fully saturated rings. The summed E-state index contributed by atoms with van der Waals surface area (Å²) in [6, 6.07) is 7.23. The van der Waals surface area contributed by atoms with E-state index in [1.807, 2.05) is 19.2 Å². The summed E-state index contributed by atoms with van der Waals surface area (Å²) in [5.41, 5.74) is 1.14. The molecule has 1 heterocycles. The van der Waals surface area contributed by atoms with Gasteiger partial charge < -0.3 is 10.1 Å². The largest absolute Gasteiger partial charge is 0.381 e. The zero-order valence-corrected chi connectivity index (χ0v) is 13.5. The van der Waals surface area contributed by atoms with Gasteiger partial charge in [0.1, 0.15) is 0 Å². The third kappa shape index (κ3) is 4.03. The van der Waals surface area contributed by atoms with Gasteiger partial charge in [-0.1, -0.05) is 12.1 Å². The summed E-state index contributed by atoms with van der Waals surface area (Å²) in [5.74, 6) is 0.